The van der Waals surface area contributed by atoms with Gasteiger partial charge in [0.2, 0.25) is 0 Å². The number of nitrogens with zero attached hydrogens (tertiary/aromatic N) is 1. The van der Waals surface area contributed by atoms with Crippen molar-refractivity contribution in [2.45, 2.75) is 31.7 Å². The second-order valence-electron chi connectivity index (χ2n) is 3.41. The van der Waals surface area contributed by atoms with E-state index in [0.717, 1.165) is 12.6 Å². The summed E-state index contributed by atoms with van der Waals surface area (Å²) in [6, 6.07) is 0.838. The molecule has 11 heavy (non-hydrogen) atoms. The van der Waals surface area contributed by atoms with Crippen molar-refractivity contribution in [1.82, 2.24) is 4.90 Å². The zero-order chi connectivity index (χ0) is 8.10. The fourth-order valence-corrected chi connectivity index (χ4v) is 1.81. The zero-order valence-corrected chi connectivity index (χ0v) is 7.68. The molecule has 1 saturated heterocycles. The molecule has 0 aromatic heterocycles. The minimum absolute atomic E-state index is 0.838. The van der Waals surface area contributed by atoms with Gasteiger partial charge in [-0.05, 0) is 39.3 Å². The molecule has 2 heteroatoms. The van der Waals surface area contributed by atoms with Gasteiger partial charge in [0.25, 0.3) is 0 Å². The molecule has 0 saturated carbocycles. The van der Waals surface area contributed by atoms with Crippen LogP contribution >= 0.6 is 0 Å². The highest BCUT2D eigenvalue weighted by molar-refractivity contribution is 4.75. The maximum absolute atomic E-state index is 5.02. The zero-order valence-electron chi connectivity index (χ0n) is 7.68. The summed E-state index contributed by atoms with van der Waals surface area (Å²) in [5.74, 6) is 0. The topological polar surface area (TPSA) is 12.5 Å². The standard InChI is InChI=1S/C9H19NO/c1-10-7-3-5-9(10)6-4-8-11-2/h9H,3-8H2,1-2H3. The number of hydrogen-bond donors (Lipinski definition) is 0. The Kier molecular flexibility index (Phi) is 3.87. The monoisotopic (exact) mass is 157 g/mol. The molecule has 0 bridgehead atoms. The van der Waals surface area contributed by atoms with E-state index in [-0.39, 0.29) is 0 Å². The third-order valence-corrected chi connectivity index (χ3v) is 2.56. The Labute approximate surface area is 69.5 Å². The number of rotatable bonds is 4. The van der Waals surface area contributed by atoms with E-state index in [1.54, 1.807) is 7.11 Å². The summed E-state index contributed by atoms with van der Waals surface area (Å²) in [6.45, 7) is 2.21. The second-order valence-corrected chi connectivity index (χ2v) is 3.41. The van der Waals surface area contributed by atoms with Crippen LogP contribution in [0.1, 0.15) is 25.7 Å². The molecule has 1 unspecified atom stereocenters. The van der Waals surface area contributed by atoms with Crippen molar-refractivity contribution in [1.29, 1.82) is 0 Å². The molecule has 1 rings (SSSR count). The van der Waals surface area contributed by atoms with Crippen molar-refractivity contribution in [3.8, 4) is 0 Å². The van der Waals surface area contributed by atoms with E-state index in [4.69, 9.17) is 4.74 Å². The van der Waals surface area contributed by atoms with E-state index in [0.29, 0.717) is 0 Å². The first kappa shape index (κ1) is 9.01. The molecule has 0 aromatic rings. The van der Waals surface area contributed by atoms with Crippen molar-refractivity contribution in [2.24, 2.45) is 0 Å². The van der Waals surface area contributed by atoms with E-state index >= 15 is 0 Å². The molecule has 1 aliphatic rings. The summed E-state index contributed by atoms with van der Waals surface area (Å²) in [7, 11) is 4.00. The first-order valence-electron chi connectivity index (χ1n) is 4.54. The average Bonchev–Trinajstić information content (AvgIpc) is 2.37. The van der Waals surface area contributed by atoms with Crippen molar-refractivity contribution in [3.05, 3.63) is 0 Å². The highest BCUT2D eigenvalue weighted by Gasteiger charge is 2.19. The smallest absolute Gasteiger partial charge is 0.0462 e. The van der Waals surface area contributed by atoms with Crippen molar-refractivity contribution in [2.75, 3.05) is 27.3 Å². The minimum Gasteiger partial charge on any atom is -0.385 e. The molecule has 1 atom stereocenters. The van der Waals surface area contributed by atoms with E-state index in [1.165, 1.54) is 32.2 Å². The van der Waals surface area contributed by atoms with Gasteiger partial charge in [0.15, 0.2) is 0 Å². The fraction of sp³-hybridized carbons (Fsp3) is 1.00. The van der Waals surface area contributed by atoms with Gasteiger partial charge in [-0.2, -0.15) is 0 Å². The lowest BCUT2D eigenvalue weighted by Gasteiger charge is -2.18. The molecule has 0 spiro atoms. The van der Waals surface area contributed by atoms with Crippen LogP contribution < -0.4 is 0 Å². The Morgan fingerprint density at radius 1 is 1.55 bits per heavy atom. The normalized spacial score (nSPS) is 26.2. The largest absolute Gasteiger partial charge is 0.385 e. The van der Waals surface area contributed by atoms with Crippen molar-refractivity contribution in [3.63, 3.8) is 0 Å². The molecule has 2 nitrogen and oxygen atoms in total. The van der Waals surface area contributed by atoms with Gasteiger partial charge >= 0.3 is 0 Å². The first-order chi connectivity index (χ1) is 5.34. The molecule has 0 aliphatic carbocycles. The minimum atomic E-state index is 0.838. The first-order valence-corrected chi connectivity index (χ1v) is 4.54. The summed E-state index contributed by atoms with van der Waals surface area (Å²) < 4.78 is 5.02. The lowest BCUT2D eigenvalue weighted by atomic mass is 10.1. The Bertz CT molecular complexity index is 106. The summed E-state index contributed by atoms with van der Waals surface area (Å²) >= 11 is 0. The molecule has 1 fully saturated rings. The van der Waals surface area contributed by atoms with Gasteiger partial charge in [-0.25, -0.2) is 0 Å². The lowest BCUT2D eigenvalue weighted by Crippen LogP contribution is -2.24. The molecular weight excluding hydrogens is 138 g/mol. The third-order valence-electron chi connectivity index (χ3n) is 2.56. The molecule has 1 heterocycles. The van der Waals surface area contributed by atoms with Crippen LogP contribution in [0.5, 0.6) is 0 Å². The van der Waals surface area contributed by atoms with Crippen LogP contribution in [-0.2, 0) is 4.74 Å². The van der Waals surface area contributed by atoms with Gasteiger partial charge in [-0.3, -0.25) is 0 Å². The Morgan fingerprint density at radius 2 is 2.36 bits per heavy atom. The van der Waals surface area contributed by atoms with Gasteiger partial charge < -0.3 is 9.64 Å². The average molecular weight is 157 g/mol. The van der Waals surface area contributed by atoms with Crippen molar-refractivity contribution >= 4 is 0 Å². The van der Waals surface area contributed by atoms with Crippen LogP contribution in [0, 0.1) is 0 Å². The molecule has 0 amide bonds. The third kappa shape index (κ3) is 2.80. The number of likely N-dealkylation sites (tertiary alicyclic amines) is 1. The molecule has 0 aromatic carbocycles. The lowest BCUT2D eigenvalue weighted by molar-refractivity contribution is 0.180. The second kappa shape index (κ2) is 4.73. The van der Waals surface area contributed by atoms with Crippen LogP contribution in [0.3, 0.4) is 0 Å². The highest BCUT2D eigenvalue weighted by Crippen LogP contribution is 2.18. The van der Waals surface area contributed by atoms with Crippen LogP contribution in [-0.4, -0.2) is 38.3 Å². The molecule has 1 aliphatic heterocycles. The molecule has 0 radical (unpaired) electrons. The van der Waals surface area contributed by atoms with E-state index in [9.17, 15) is 0 Å². The predicted octanol–water partition coefficient (Wildman–Crippen LogP) is 1.51. The van der Waals surface area contributed by atoms with Gasteiger partial charge in [0.1, 0.15) is 0 Å². The summed E-state index contributed by atoms with van der Waals surface area (Å²) in [5.41, 5.74) is 0. The Balaban J connectivity index is 2.05. The van der Waals surface area contributed by atoms with Gasteiger partial charge in [-0.15, -0.1) is 0 Å². The Hall–Kier alpha value is -0.0800. The number of ether oxygens (including phenoxy) is 1. The van der Waals surface area contributed by atoms with E-state index in [2.05, 4.69) is 11.9 Å². The number of hydrogen-bond acceptors (Lipinski definition) is 2. The summed E-state index contributed by atoms with van der Waals surface area (Å²) in [5, 5.41) is 0. The molecular formula is C9H19NO. The van der Waals surface area contributed by atoms with E-state index in [1.807, 2.05) is 0 Å². The van der Waals surface area contributed by atoms with Crippen LogP contribution in [0.15, 0.2) is 0 Å². The fourth-order valence-electron chi connectivity index (χ4n) is 1.81. The summed E-state index contributed by atoms with van der Waals surface area (Å²) in [4.78, 5) is 2.47. The van der Waals surface area contributed by atoms with Crippen LogP contribution in [0.2, 0.25) is 0 Å². The van der Waals surface area contributed by atoms with E-state index < -0.39 is 0 Å². The van der Waals surface area contributed by atoms with Crippen LogP contribution in [0.4, 0.5) is 0 Å². The van der Waals surface area contributed by atoms with Gasteiger partial charge in [0, 0.05) is 19.8 Å². The maximum atomic E-state index is 5.02. The van der Waals surface area contributed by atoms with Gasteiger partial charge in [-0.1, -0.05) is 0 Å². The van der Waals surface area contributed by atoms with Gasteiger partial charge in [0.05, 0.1) is 0 Å². The molecule has 0 N–H and O–H groups in total. The van der Waals surface area contributed by atoms with Crippen molar-refractivity contribution < 1.29 is 4.74 Å². The highest BCUT2D eigenvalue weighted by atomic mass is 16.5. The maximum Gasteiger partial charge on any atom is 0.0462 e. The predicted molar refractivity (Wildman–Crippen MR) is 46.8 cm³/mol. The molecule has 66 valence electrons. The Morgan fingerprint density at radius 3 is 2.91 bits per heavy atom. The SMILES string of the molecule is COCCCC1CCCN1C. The summed E-state index contributed by atoms with van der Waals surface area (Å²) in [6.07, 6.45) is 5.30. The quantitative estimate of drug-likeness (QED) is 0.573. The number of methoxy groups -OCH3 is 1. The van der Waals surface area contributed by atoms with Crippen LogP contribution in [0.25, 0.3) is 0 Å².